The molecule has 0 bridgehead atoms. The van der Waals surface area contributed by atoms with Gasteiger partial charge < -0.3 is 15.3 Å². The van der Waals surface area contributed by atoms with Gasteiger partial charge in [-0.15, -0.1) is 13.2 Å². The molecule has 1 aromatic rings. The van der Waals surface area contributed by atoms with E-state index < -0.39 is 0 Å². The van der Waals surface area contributed by atoms with Crippen LogP contribution in [0.4, 0.5) is 5.69 Å². The summed E-state index contributed by atoms with van der Waals surface area (Å²) in [6.45, 7) is 8.46. The predicted octanol–water partition coefficient (Wildman–Crippen LogP) is 1.79. The molecule has 0 saturated heterocycles. The fourth-order valence-electron chi connectivity index (χ4n) is 1.66. The van der Waals surface area contributed by atoms with Crippen molar-refractivity contribution in [2.24, 2.45) is 0 Å². The van der Waals surface area contributed by atoms with Crippen LogP contribution in [0.2, 0.25) is 0 Å². The molecule has 0 fully saturated rings. The second-order valence-electron chi connectivity index (χ2n) is 4.09. The van der Waals surface area contributed by atoms with Crippen molar-refractivity contribution < 1.29 is 9.90 Å². The molecule has 0 aromatic heterocycles. The van der Waals surface area contributed by atoms with Gasteiger partial charge in [-0.1, -0.05) is 24.3 Å². The maximum atomic E-state index is 12.0. The third-order valence-corrected chi connectivity index (χ3v) is 2.60. The van der Waals surface area contributed by atoms with E-state index >= 15 is 0 Å². The van der Waals surface area contributed by atoms with Crippen molar-refractivity contribution in [3.63, 3.8) is 0 Å². The number of carbonyl (C=O) groups is 1. The van der Waals surface area contributed by atoms with E-state index in [1.54, 1.807) is 17.1 Å². The Bertz CT molecular complexity index is 434. The van der Waals surface area contributed by atoms with E-state index in [1.807, 2.05) is 24.3 Å². The van der Waals surface area contributed by atoms with E-state index in [0.717, 1.165) is 11.3 Å². The number of benzene rings is 1. The lowest BCUT2D eigenvalue weighted by molar-refractivity contribution is -0.128. The number of aliphatic hydroxyl groups is 1. The van der Waals surface area contributed by atoms with Crippen LogP contribution in [0.1, 0.15) is 5.56 Å². The van der Waals surface area contributed by atoms with Gasteiger partial charge in [-0.25, -0.2) is 0 Å². The Kier molecular flexibility index (Phi) is 6.39. The lowest BCUT2D eigenvalue weighted by Crippen LogP contribution is -2.35. The summed E-state index contributed by atoms with van der Waals surface area (Å²) in [5.41, 5.74) is 1.63. The standard InChI is InChI=1S/C15H20N2O2/c1-3-8-17(9-4-2)15(19)11-16-14-7-5-6-13(10-14)12-18/h3-7,10,16,18H,1-2,8-9,11-12H2. The third kappa shape index (κ3) is 4.97. The Morgan fingerprint density at radius 3 is 2.58 bits per heavy atom. The molecule has 1 rings (SSSR count). The maximum absolute atomic E-state index is 12.0. The summed E-state index contributed by atoms with van der Waals surface area (Å²) in [7, 11) is 0. The van der Waals surface area contributed by atoms with Gasteiger partial charge in [-0.05, 0) is 17.7 Å². The van der Waals surface area contributed by atoms with Crippen molar-refractivity contribution in [3.8, 4) is 0 Å². The first-order valence-electron chi connectivity index (χ1n) is 6.14. The summed E-state index contributed by atoms with van der Waals surface area (Å²) in [6.07, 6.45) is 3.38. The number of rotatable bonds is 8. The zero-order valence-electron chi connectivity index (χ0n) is 11.0. The summed E-state index contributed by atoms with van der Waals surface area (Å²) in [6, 6.07) is 7.34. The monoisotopic (exact) mass is 260 g/mol. The Hall–Kier alpha value is -2.07. The number of nitrogens with zero attached hydrogens (tertiary/aromatic N) is 1. The van der Waals surface area contributed by atoms with Crippen molar-refractivity contribution in [2.75, 3.05) is 25.0 Å². The Labute approximate surface area is 114 Å². The lowest BCUT2D eigenvalue weighted by atomic mass is 10.2. The maximum Gasteiger partial charge on any atom is 0.242 e. The average Bonchev–Trinajstić information content (AvgIpc) is 2.44. The van der Waals surface area contributed by atoms with Crippen LogP contribution in [0.3, 0.4) is 0 Å². The Morgan fingerprint density at radius 2 is 2.00 bits per heavy atom. The normalized spacial score (nSPS) is 9.74. The SMILES string of the molecule is C=CCN(CC=C)C(=O)CNc1cccc(CO)c1. The fourth-order valence-corrected chi connectivity index (χ4v) is 1.66. The molecule has 102 valence electrons. The van der Waals surface area contributed by atoms with E-state index in [-0.39, 0.29) is 19.1 Å². The summed E-state index contributed by atoms with van der Waals surface area (Å²) in [5, 5.41) is 12.1. The highest BCUT2D eigenvalue weighted by molar-refractivity contribution is 5.81. The molecule has 0 spiro atoms. The van der Waals surface area contributed by atoms with Gasteiger partial charge in [0.1, 0.15) is 0 Å². The van der Waals surface area contributed by atoms with Crippen LogP contribution in [-0.4, -0.2) is 35.5 Å². The van der Waals surface area contributed by atoms with Crippen molar-refractivity contribution in [3.05, 3.63) is 55.1 Å². The number of hydrogen-bond donors (Lipinski definition) is 2. The first-order valence-corrected chi connectivity index (χ1v) is 6.14. The second kappa shape index (κ2) is 8.11. The minimum absolute atomic E-state index is 0.0114. The Morgan fingerprint density at radius 1 is 1.32 bits per heavy atom. The molecular weight excluding hydrogens is 240 g/mol. The van der Waals surface area contributed by atoms with Gasteiger partial charge in [0.2, 0.25) is 5.91 Å². The van der Waals surface area contributed by atoms with Crippen molar-refractivity contribution in [1.82, 2.24) is 4.90 Å². The van der Waals surface area contributed by atoms with Crippen LogP contribution in [-0.2, 0) is 11.4 Å². The lowest BCUT2D eigenvalue weighted by Gasteiger charge is -2.19. The number of nitrogens with one attached hydrogen (secondary N) is 1. The molecule has 4 heteroatoms. The number of carbonyl (C=O) groups excluding carboxylic acids is 1. The summed E-state index contributed by atoms with van der Waals surface area (Å²) in [4.78, 5) is 13.6. The van der Waals surface area contributed by atoms with E-state index in [2.05, 4.69) is 18.5 Å². The molecular formula is C15H20N2O2. The Balaban J connectivity index is 2.56. The van der Waals surface area contributed by atoms with Crippen LogP contribution in [0, 0.1) is 0 Å². The molecule has 0 aliphatic carbocycles. The minimum Gasteiger partial charge on any atom is -0.392 e. The number of amides is 1. The van der Waals surface area contributed by atoms with Crippen LogP contribution >= 0.6 is 0 Å². The van der Waals surface area contributed by atoms with Crippen LogP contribution in [0.5, 0.6) is 0 Å². The number of aliphatic hydroxyl groups excluding tert-OH is 1. The topological polar surface area (TPSA) is 52.6 Å². The predicted molar refractivity (Wildman–Crippen MR) is 77.8 cm³/mol. The van der Waals surface area contributed by atoms with Gasteiger partial charge in [0.15, 0.2) is 0 Å². The minimum atomic E-state index is -0.0193. The summed E-state index contributed by atoms with van der Waals surface area (Å²) < 4.78 is 0. The molecule has 0 unspecified atom stereocenters. The molecule has 0 saturated carbocycles. The third-order valence-electron chi connectivity index (χ3n) is 2.60. The highest BCUT2D eigenvalue weighted by atomic mass is 16.3. The highest BCUT2D eigenvalue weighted by Gasteiger charge is 2.09. The van der Waals surface area contributed by atoms with Gasteiger partial charge in [-0.3, -0.25) is 4.79 Å². The zero-order chi connectivity index (χ0) is 14.1. The molecule has 1 aromatic carbocycles. The van der Waals surface area contributed by atoms with Gasteiger partial charge in [0.25, 0.3) is 0 Å². The first kappa shape index (κ1) is 15.0. The van der Waals surface area contributed by atoms with Crippen LogP contribution in [0.25, 0.3) is 0 Å². The van der Waals surface area contributed by atoms with Crippen LogP contribution < -0.4 is 5.32 Å². The molecule has 2 N–H and O–H groups in total. The molecule has 0 heterocycles. The quantitative estimate of drug-likeness (QED) is 0.701. The number of anilines is 1. The molecule has 1 amide bonds. The van der Waals surface area contributed by atoms with E-state index in [0.29, 0.717) is 13.1 Å². The van der Waals surface area contributed by atoms with Gasteiger partial charge in [-0.2, -0.15) is 0 Å². The van der Waals surface area contributed by atoms with Crippen molar-refractivity contribution >= 4 is 11.6 Å². The van der Waals surface area contributed by atoms with Gasteiger partial charge in [0, 0.05) is 18.8 Å². The van der Waals surface area contributed by atoms with E-state index in [1.165, 1.54) is 0 Å². The average molecular weight is 260 g/mol. The van der Waals surface area contributed by atoms with Crippen molar-refractivity contribution in [2.45, 2.75) is 6.61 Å². The summed E-state index contributed by atoms with van der Waals surface area (Å²) >= 11 is 0. The second-order valence-corrected chi connectivity index (χ2v) is 4.09. The van der Waals surface area contributed by atoms with E-state index in [9.17, 15) is 4.79 Å². The zero-order valence-corrected chi connectivity index (χ0v) is 11.0. The largest absolute Gasteiger partial charge is 0.392 e. The van der Waals surface area contributed by atoms with Crippen molar-refractivity contribution in [1.29, 1.82) is 0 Å². The van der Waals surface area contributed by atoms with Gasteiger partial charge >= 0.3 is 0 Å². The molecule has 19 heavy (non-hydrogen) atoms. The summed E-state index contributed by atoms with van der Waals surface area (Å²) in [5.74, 6) is -0.0193. The smallest absolute Gasteiger partial charge is 0.242 e. The molecule has 4 nitrogen and oxygen atoms in total. The number of hydrogen-bond acceptors (Lipinski definition) is 3. The fraction of sp³-hybridized carbons (Fsp3) is 0.267. The first-order chi connectivity index (χ1) is 9.21. The molecule has 0 aliphatic heterocycles. The van der Waals surface area contributed by atoms with E-state index in [4.69, 9.17) is 5.11 Å². The molecule has 0 aliphatic rings. The molecule has 0 atom stereocenters. The highest BCUT2D eigenvalue weighted by Crippen LogP contribution is 2.10. The van der Waals surface area contributed by atoms with Crippen LogP contribution in [0.15, 0.2) is 49.6 Å². The molecule has 0 radical (unpaired) electrons. The van der Waals surface area contributed by atoms with Gasteiger partial charge in [0.05, 0.1) is 13.2 Å².